The van der Waals surface area contributed by atoms with Crippen LogP contribution in [0.5, 0.6) is 0 Å². The molecule has 0 aliphatic heterocycles. The van der Waals surface area contributed by atoms with E-state index in [1.54, 1.807) is 19.1 Å². The first-order valence-electron chi connectivity index (χ1n) is 3.65. The van der Waals surface area contributed by atoms with E-state index in [4.69, 9.17) is 11.6 Å². The van der Waals surface area contributed by atoms with E-state index in [0.717, 1.165) is 0 Å². The fourth-order valence-electron chi connectivity index (χ4n) is 0.995. The van der Waals surface area contributed by atoms with Gasteiger partial charge >= 0.3 is 0 Å². The summed E-state index contributed by atoms with van der Waals surface area (Å²) < 4.78 is 0. The molecule has 0 unspecified atom stereocenters. The summed E-state index contributed by atoms with van der Waals surface area (Å²) in [6.45, 7) is 1.72. The van der Waals surface area contributed by atoms with Gasteiger partial charge in [0, 0.05) is 0 Å². The number of halogens is 1. The van der Waals surface area contributed by atoms with Gasteiger partial charge in [-0.3, -0.25) is 0 Å². The standard InChI is InChI=1S/C9H5ClN2O2/c1-6-2-3-7(10)9(12-5-14)8(6)11-4-13/h2-3H,1H3. The predicted molar refractivity (Wildman–Crippen MR) is 51.8 cm³/mol. The highest BCUT2D eigenvalue weighted by Gasteiger charge is 2.08. The van der Waals surface area contributed by atoms with Crippen LogP contribution in [0.3, 0.4) is 0 Å². The normalized spacial score (nSPS) is 8.71. The summed E-state index contributed by atoms with van der Waals surface area (Å²) in [5, 5.41) is 0.243. The van der Waals surface area contributed by atoms with E-state index >= 15 is 0 Å². The third-order valence-electron chi connectivity index (χ3n) is 1.62. The van der Waals surface area contributed by atoms with Gasteiger partial charge in [0.1, 0.15) is 11.4 Å². The molecular formula is C9H5ClN2O2. The molecule has 0 aliphatic carbocycles. The second-order valence-electron chi connectivity index (χ2n) is 2.47. The first-order chi connectivity index (χ1) is 6.70. The Kier molecular flexibility index (Phi) is 3.32. The van der Waals surface area contributed by atoms with Gasteiger partial charge in [-0.25, -0.2) is 9.59 Å². The molecule has 0 atom stereocenters. The Bertz CT molecular complexity index is 415. The quantitative estimate of drug-likeness (QED) is 0.554. The van der Waals surface area contributed by atoms with Gasteiger partial charge in [-0.2, -0.15) is 9.98 Å². The molecule has 0 amide bonds. The second kappa shape index (κ2) is 4.49. The van der Waals surface area contributed by atoms with Gasteiger partial charge in [-0.05, 0) is 18.6 Å². The van der Waals surface area contributed by atoms with E-state index in [1.165, 1.54) is 12.2 Å². The molecule has 14 heavy (non-hydrogen) atoms. The molecule has 0 radical (unpaired) electrons. The summed E-state index contributed by atoms with van der Waals surface area (Å²) in [4.78, 5) is 27.0. The first kappa shape index (κ1) is 10.4. The van der Waals surface area contributed by atoms with E-state index < -0.39 is 0 Å². The van der Waals surface area contributed by atoms with Gasteiger partial charge in [0.2, 0.25) is 12.2 Å². The largest absolute Gasteiger partial charge is 0.240 e. The lowest BCUT2D eigenvalue weighted by atomic mass is 10.2. The van der Waals surface area contributed by atoms with Crippen LogP contribution in [0.15, 0.2) is 22.1 Å². The number of benzene rings is 1. The third kappa shape index (κ3) is 1.95. The van der Waals surface area contributed by atoms with E-state index in [1.807, 2.05) is 0 Å². The molecule has 0 aromatic heterocycles. The summed E-state index contributed by atoms with van der Waals surface area (Å²) in [6, 6.07) is 3.24. The molecule has 1 aromatic rings. The minimum atomic E-state index is 0.144. The van der Waals surface area contributed by atoms with E-state index in [2.05, 4.69) is 9.98 Å². The molecule has 70 valence electrons. The van der Waals surface area contributed by atoms with E-state index in [-0.39, 0.29) is 16.4 Å². The first-order valence-corrected chi connectivity index (χ1v) is 4.03. The number of carbonyl (C=O) groups excluding carboxylic acids is 2. The van der Waals surface area contributed by atoms with Crippen molar-refractivity contribution in [2.75, 3.05) is 0 Å². The van der Waals surface area contributed by atoms with Gasteiger partial charge in [0.25, 0.3) is 0 Å². The van der Waals surface area contributed by atoms with Crippen LogP contribution in [-0.2, 0) is 9.59 Å². The number of isocyanates is 2. The molecule has 0 saturated heterocycles. The van der Waals surface area contributed by atoms with Crippen molar-refractivity contribution < 1.29 is 9.59 Å². The Hall–Kier alpha value is -1.73. The van der Waals surface area contributed by atoms with Crippen LogP contribution < -0.4 is 0 Å². The maximum absolute atomic E-state index is 10.1. The number of aliphatic imine (C=N–C) groups is 2. The van der Waals surface area contributed by atoms with Crippen molar-refractivity contribution in [1.29, 1.82) is 0 Å². The zero-order chi connectivity index (χ0) is 10.6. The van der Waals surface area contributed by atoms with E-state index in [0.29, 0.717) is 5.56 Å². The molecule has 0 bridgehead atoms. The SMILES string of the molecule is Cc1ccc(Cl)c(N=C=O)c1N=C=O. The fraction of sp³-hybridized carbons (Fsp3) is 0.111. The monoisotopic (exact) mass is 208 g/mol. The molecule has 1 rings (SSSR count). The molecule has 4 nitrogen and oxygen atoms in total. The molecule has 5 heteroatoms. The highest BCUT2D eigenvalue weighted by molar-refractivity contribution is 6.33. The van der Waals surface area contributed by atoms with Crippen molar-refractivity contribution in [3.8, 4) is 0 Å². The van der Waals surface area contributed by atoms with Crippen LogP contribution in [0.4, 0.5) is 11.4 Å². The molecule has 0 fully saturated rings. The fourth-order valence-corrected chi connectivity index (χ4v) is 1.19. The highest BCUT2D eigenvalue weighted by Crippen LogP contribution is 2.37. The predicted octanol–water partition coefficient (Wildman–Crippen LogP) is 2.58. The number of hydrogen-bond donors (Lipinski definition) is 0. The maximum Gasteiger partial charge on any atom is 0.240 e. The van der Waals surface area contributed by atoms with Crippen molar-refractivity contribution in [2.45, 2.75) is 6.92 Å². The van der Waals surface area contributed by atoms with E-state index in [9.17, 15) is 9.59 Å². The molecule has 0 N–H and O–H groups in total. The smallest absolute Gasteiger partial charge is 0.211 e. The van der Waals surface area contributed by atoms with Crippen molar-refractivity contribution in [3.63, 3.8) is 0 Å². The average molecular weight is 209 g/mol. The number of hydrogen-bond acceptors (Lipinski definition) is 4. The Morgan fingerprint density at radius 1 is 1.14 bits per heavy atom. The molecule has 0 spiro atoms. The lowest BCUT2D eigenvalue weighted by Gasteiger charge is -2.02. The summed E-state index contributed by atoms with van der Waals surface area (Å²) >= 11 is 5.75. The average Bonchev–Trinajstić information content (AvgIpc) is 2.17. The zero-order valence-corrected chi connectivity index (χ0v) is 8.00. The summed E-state index contributed by atoms with van der Waals surface area (Å²) in [5.74, 6) is 0. The number of nitrogens with zero attached hydrogens (tertiary/aromatic N) is 2. The molecule has 1 aromatic carbocycles. The van der Waals surface area contributed by atoms with Crippen LogP contribution >= 0.6 is 11.6 Å². The van der Waals surface area contributed by atoms with Crippen LogP contribution in [0, 0.1) is 6.92 Å². The van der Waals surface area contributed by atoms with Crippen LogP contribution in [0.2, 0.25) is 5.02 Å². The Balaban J connectivity index is 3.56. The summed E-state index contributed by atoms with van der Waals surface area (Å²) in [6.07, 6.45) is 2.73. The zero-order valence-electron chi connectivity index (χ0n) is 7.24. The van der Waals surface area contributed by atoms with Crippen molar-refractivity contribution in [2.24, 2.45) is 9.98 Å². The Morgan fingerprint density at radius 3 is 2.29 bits per heavy atom. The number of rotatable bonds is 2. The van der Waals surface area contributed by atoms with Crippen molar-refractivity contribution >= 4 is 35.1 Å². The highest BCUT2D eigenvalue weighted by atomic mass is 35.5. The van der Waals surface area contributed by atoms with Gasteiger partial charge in [0.05, 0.1) is 5.02 Å². The summed E-state index contributed by atoms with van der Waals surface area (Å²) in [7, 11) is 0. The van der Waals surface area contributed by atoms with Crippen LogP contribution in [0.25, 0.3) is 0 Å². The van der Waals surface area contributed by atoms with Gasteiger partial charge in [-0.15, -0.1) is 0 Å². The van der Waals surface area contributed by atoms with Gasteiger partial charge < -0.3 is 0 Å². The lowest BCUT2D eigenvalue weighted by molar-refractivity contribution is 0.564. The maximum atomic E-state index is 10.1. The van der Waals surface area contributed by atoms with Gasteiger partial charge in [0.15, 0.2) is 0 Å². The summed E-state index contributed by atoms with van der Waals surface area (Å²) in [5.41, 5.74) is 1.08. The van der Waals surface area contributed by atoms with Crippen molar-refractivity contribution in [3.05, 3.63) is 22.7 Å². The van der Waals surface area contributed by atoms with Crippen LogP contribution in [-0.4, -0.2) is 12.2 Å². The molecule has 0 heterocycles. The lowest BCUT2D eigenvalue weighted by Crippen LogP contribution is -1.77. The molecule has 0 aliphatic rings. The number of aryl methyl sites for hydroxylation is 1. The van der Waals surface area contributed by atoms with Crippen molar-refractivity contribution in [1.82, 2.24) is 0 Å². The third-order valence-corrected chi connectivity index (χ3v) is 1.92. The minimum absolute atomic E-state index is 0.144. The minimum Gasteiger partial charge on any atom is -0.211 e. The molecule has 0 saturated carbocycles. The molecular weight excluding hydrogens is 204 g/mol. The van der Waals surface area contributed by atoms with Gasteiger partial charge in [-0.1, -0.05) is 17.7 Å². The van der Waals surface area contributed by atoms with Crippen LogP contribution in [0.1, 0.15) is 5.56 Å². The second-order valence-corrected chi connectivity index (χ2v) is 2.87. The Morgan fingerprint density at radius 2 is 1.71 bits per heavy atom. The topological polar surface area (TPSA) is 58.9 Å². The Labute approximate surface area is 84.9 Å².